The Morgan fingerprint density at radius 1 is 1.16 bits per heavy atom. The molecule has 0 amide bonds. The minimum absolute atomic E-state index is 0. The molecule has 0 fully saturated rings. The van der Waals surface area contributed by atoms with Crippen molar-refractivity contribution in [1.29, 1.82) is 0 Å². The van der Waals surface area contributed by atoms with Crippen molar-refractivity contribution >= 4 is 29.9 Å². The third kappa shape index (κ3) is 5.76. The van der Waals surface area contributed by atoms with Crippen LogP contribution in [0.4, 0.5) is 0 Å². The van der Waals surface area contributed by atoms with Crippen LogP contribution in [-0.2, 0) is 25.9 Å². The van der Waals surface area contributed by atoms with Gasteiger partial charge >= 0.3 is 0 Å². The van der Waals surface area contributed by atoms with Crippen molar-refractivity contribution in [3.8, 4) is 0 Å². The van der Waals surface area contributed by atoms with Crippen molar-refractivity contribution in [1.82, 2.24) is 15.8 Å². The van der Waals surface area contributed by atoms with E-state index in [4.69, 9.17) is 8.94 Å². The maximum Gasteiger partial charge on any atom is 0.191 e. The van der Waals surface area contributed by atoms with Gasteiger partial charge in [-0.1, -0.05) is 19.0 Å². The summed E-state index contributed by atoms with van der Waals surface area (Å²) in [6.07, 6.45) is 1.70. The number of guanidine groups is 1. The van der Waals surface area contributed by atoms with Gasteiger partial charge in [0.2, 0.25) is 0 Å². The molecule has 0 saturated carbocycles. The molecule has 140 valence electrons. The summed E-state index contributed by atoms with van der Waals surface area (Å²) in [5.74, 6) is 3.56. The Labute approximate surface area is 166 Å². The number of nitrogens with zero attached hydrogens (tertiary/aromatic N) is 2. The summed E-state index contributed by atoms with van der Waals surface area (Å²) in [7, 11) is 0. The van der Waals surface area contributed by atoms with Gasteiger partial charge in [-0.3, -0.25) is 0 Å². The van der Waals surface area contributed by atoms with E-state index in [1.165, 1.54) is 0 Å². The van der Waals surface area contributed by atoms with Crippen LogP contribution >= 0.6 is 24.0 Å². The molecule has 2 aromatic heterocycles. The third-order valence-electron chi connectivity index (χ3n) is 3.94. The summed E-state index contributed by atoms with van der Waals surface area (Å²) < 4.78 is 11.0. The molecule has 0 atom stereocenters. The second-order valence-electron chi connectivity index (χ2n) is 5.73. The van der Waals surface area contributed by atoms with Crippen molar-refractivity contribution in [3.05, 3.63) is 40.2 Å². The Hall–Kier alpha value is -1.51. The van der Waals surface area contributed by atoms with Crippen molar-refractivity contribution in [3.63, 3.8) is 0 Å². The lowest BCUT2D eigenvalue weighted by Gasteiger charge is -2.11. The Morgan fingerprint density at radius 3 is 2.48 bits per heavy atom. The smallest absolute Gasteiger partial charge is 0.191 e. The topological polar surface area (TPSA) is 75.6 Å². The summed E-state index contributed by atoms with van der Waals surface area (Å²) in [6, 6.07) is 2.03. The quantitative estimate of drug-likeness (QED) is 0.373. The first-order valence-electron chi connectivity index (χ1n) is 8.63. The zero-order valence-corrected chi connectivity index (χ0v) is 18.1. The van der Waals surface area contributed by atoms with Crippen LogP contribution in [0.3, 0.4) is 0 Å². The molecular weight excluding hydrogens is 431 g/mol. The van der Waals surface area contributed by atoms with Crippen molar-refractivity contribution < 1.29 is 8.94 Å². The van der Waals surface area contributed by atoms with E-state index in [2.05, 4.69) is 41.6 Å². The molecule has 2 heterocycles. The summed E-state index contributed by atoms with van der Waals surface area (Å²) in [6.45, 7) is 12.2. The second kappa shape index (κ2) is 10.5. The zero-order valence-electron chi connectivity index (χ0n) is 15.7. The lowest BCUT2D eigenvalue weighted by molar-refractivity contribution is 0.380. The van der Waals surface area contributed by atoms with Crippen LogP contribution < -0.4 is 10.6 Å². The maximum absolute atomic E-state index is 5.56. The molecule has 0 aliphatic heterocycles. The van der Waals surface area contributed by atoms with E-state index in [0.717, 1.165) is 59.4 Å². The molecular formula is C18H29IN4O2. The molecule has 0 aliphatic rings. The molecule has 0 unspecified atom stereocenters. The number of hydrogen-bond donors (Lipinski definition) is 2. The fraction of sp³-hybridized carbons (Fsp3) is 0.556. The van der Waals surface area contributed by atoms with Crippen LogP contribution in [0.15, 0.2) is 20.0 Å². The van der Waals surface area contributed by atoms with Gasteiger partial charge in [-0.25, -0.2) is 4.99 Å². The predicted octanol–water partition coefficient (Wildman–Crippen LogP) is 3.88. The Morgan fingerprint density at radius 2 is 1.92 bits per heavy atom. The van der Waals surface area contributed by atoms with E-state index in [9.17, 15) is 0 Å². The summed E-state index contributed by atoms with van der Waals surface area (Å²) in [5, 5.41) is 10.8. The molecule has 2 rings (SSSR count). The van der Waals surface area contributed by atoms with Gasteiger partial charge in [-0.05, 0) is 33.3 Å². The number of furan rings is 1. The number of aliphatic imine (C=N–C) groups is 1. The third-order valence-corrected chi connectivity index (χ3v) is 3.94. The average Bonchev–Trinajstić information content (AvgIpc) is 3.11. The minimum Gasteiger partial charge on any atom is -0.466 e. The van der Waals surface area contributed by atoms with E-state index >= 15 is 0 Å². The molecule has 0 spiro atoms. The SMILES string of the molecule is CCNC(=NCc1cc(C)oc1C)NCc1c(CC)noc1CC.I. The highest BCUT2D eigenvalue weighted by Gasteiger charge is 2.13. The van der Waals surface area contributed by atoms with Crippen molar-refractivity contribution in [2.45, 2.75) is 60.5 Å². The Balaban J connectivity index is 0.00000312. The number of rotatable bonds is 7. The van der Waals surface area contributed by atoms with Crippen LogP contribution in [0.1, 0.15) is 54.9 Å². The van der Waals surface area contributed by atoms with Crippen LogP contribution in [0, 0.1) is 13.8 Å². The molecule has 0 aromatic carbocycles. The van der Waals surface area contributed by atoms with E-state index in [1.807, 2.05) is 19.9 Å². The Kier molecular flexibility index (Phi) is 9.02. The van der Waals surface area contributed by atoms with Crippen LogP contribution in [0.25, 0.3) is 0 Å². The van der Waals surface area contributed by atoms with E-state index in [-0.39, 0.29) is 24.0 Å². The summed E-state index contributed by atoms with van der Waals surface area (Å²) in [4.78, 5) is 4.65. The number of aryl methyl sites for hydroxylation is 4. The largest absolute Gasteiger partial charge is 0.466 e. The lowest BCUT2D eigenvalue weighted by atomic mass is 10.1. The molecule has 0 radical (unpaired) electrons. The average molecular weight is 460 g/mol. The van der Waals surface area contributed by atoms with Gasteiger partial charge in [0, 0.05) is 30.6 Å². The fourth-order valence-corrected chi connectivity index (χ4v) is 2.66. The fourth-order valence-electron chi connectivity index (χ4n) is 2.66. The molecule has 2 aromatic rings. The van der Waals surface area contributed by atoms with Gasteiger partial charge < -0.3 is 19.6 Å². The normalized spacial score (nSPS) is 11.3. The van der Waals surface area contributed by atoms with Gasteiger partial charge in [-0.15, -0.1) is 24.0 Å². The van der Waals surface area contributed by atoms with E-state index in [1.54, 1.807) is 0 Å². The van der Waals surface area contributed by atoms with Crippen LogP contribution in [0.2, 0.25) is 0 Å². The summed E-state index contributed by atoms with van der Waals surface area (Å²) >= 11 is 0. The highest BCUT2D eigenvalue weighted by molar-refractivity contribution is 14.0. The molecule has 2 N–H and O–H groups in total. The number of hydrogen-bond acceptors (Lipinski definition) is 4. The van der Waals surface area contributed by atoms with Crippen LogP contribution in [0.5, 0.6) is 0 Å². The molecule has 0 aliphatic carbocycles. The number of aromatic nitrogens is 1. The molecule has 25 heavy (non-hydrogen) atoms. The first kappa shape index (κ1) is 21.5. The Bertz CT molecular complexity index is 670. The zero-order chi connectivity index (χ0) is 17.5. The van der Waals surface area contributed by atoms with Gasteiger partial charge in [0.25, 0.3) is 0 Å². The van der Waals surface area contributed by atoms with E-state index < -0.39 is 0 Å². The lowest BCUT2D eigenvalue weighted by Crippen LogP contribution is -2.37. The number of halogens is 1. The molecule has 7 heteroatoms. The first-order chi connectivity index (χ1) is 11.6. The summed E-state index contributed by atoms with van der Waals surface area (Å²) in [5.41, 5.74) is 3.26. The monoisotopic (exact) mass is 460 g/mol. The van der Waals surface area contributed by atoms with Gasteiger partial charge in [-0.2, -0.15) is 0 Å². The highest BCUT2D eigenvalue weighted by atomic mass is 127. The maximum atomic E-state index is 5.56. The highest BCUT2D eigenvalue weighted by Crippen LogP contribution is 2.16. The van der Waals surface area contributed by atoms with Gasteiger partial charge in [0.1, 0.15) is 17.3 Å². The van der Waals surface area contributed by atoms with Gasteiger partial charge in [0.05, 0.1) is 12.2 Å². The first-order valence-corrected chi connectivity index (χ1v) is 8.63. The van der Waals surface area contributed by atoms with Crippen molar-refractivity contribution in [2.75, 3.05) is 6.54 Å². The molecule has 0 bridgehead atoms. The minimum atomic E-state index is 0. The van der Waals surface area contributed by atoms with Gasteiger partial charge in [0.15, 0.2) is 5.96 Å². The van der Waals surface area contributed by atoms with E-state index in [0.29, 0.717) is 13.1 Å². The predicted molar refractivity (Wildman–Crippen MR) is 111 cm³/mol. The number of nitrogens with one attached hydrogen (secondary N) is 2. The van der Waals surface area contributed by atoms with Crippen LogP contribution in [-0.4, -0.2) is 17.7 Å². The molecule has 0 saturated heterocycles. The molecule has 6 nitrogen and oxygen atoms in total. The van der Waals surface area contributed by atoms with Crippen molar-refractivity contribution in [2.24, 2.45) is 4.99 Å². The standard InChI is InChI=1S/C18H28N4O2.HI/c1-6-16-15(17(7-2)24-22-16)11-21-18(19-8-3)20-10-14-9-12(4)23-13(14)5;/h9H,6-8,10-11H2,1-5H3,(H2,19,20,21);1H. The second-order valence-corrected chi connectivity index (χ2v) is 5.73.